The number of anilines is 1. The maximum absolute atomic E-state index is 12.5. The number of fused-ring (bicyclic) bond motifs is 1. The number of hydrogen-bond donors (Lipinski definition) is 1. The van der Waals surface area contributed by atoms with Crippen molar-refractivity contribution in [3.8, 4) is 6.07 Å². The maximum Gasteiger partial charge on any atom is 0.328 e. The van der Waals surface area contributed by atoms with Crippen molar-refractivity contribution in [2.24, 2.45) is 14.1 Å². The van der Waals surface area contributed by atoms with E-state index in [1.54, 1.807) is 36.9 Å². The average molecular weight is 360 g/mol. The molecule has 6 heteroatoms. The van der Waals surface area contributed by atoms with Crippen LogP contribution in [0.4, 0.5) is 5.69 Å². The summed E-state index contributed by atoms with van der Waals surface area (Å²) < 4.78 is 3.09. The number of carbonyl (C=O) groups excluding carboxylic acids is 1. The second-order valence-corrected chi connectivity index (χ2v) is 6.59. The zero-order valence-electron chi connectivity index (χ0n) is 15.7. The molecule has 2 aromatic carbocycles. The Bertz CT molecular complexity index is 1190. The first-order chi connectivity index (χ1) is 12.8. The highest BCUT2D eigenvalue weighted by Crippen LogP contribution is 2.19. The van der Waals surface area contributed by atoms with E-state index in [1.165, 1.54) is 10.6 Å². The van der Waals surface area contributed by atoms with Gasteiger partial charge in [-0.3, -0.25) is 13.9 Å². The van der Waals surface area contributed by atoms with Gasteiger partial charge >= 0.3 is 5.69 Å². The van der Waals surface area contributed by atoms with Gasteiger partial charge in [0.15, 0.2) is 0 Å². The quantitative estimate of drug-likeness (QED) is 0.576. The van der Waals surface area contributed by atoms with Crippen LogP contribution in [0.15, 0.2) is 46.8 Å². The summed E-state index contributed by atoms with van der Waals surface area (Å²) >= 11 is 0. The van der Waals surface area contributed by atoms with E-state index in [0.29, 0.717) is 11.3 Å². The smallest absolute Gasteiger partial charge is 0.321 e. The highest BCUT2D eigenvalue weighted by atomic mass is 16.2. The van der Waals surface area contributed by atoms with Crippen molar-refractivity contribution in [2.45, 2.75) is 13.8 Å². The lowest BCUT2D eigenvalue weighted by Gasteiger charge is -2.09. The molecule has 0 atom stereocenters. The van der Waals surface area contributed by atoms with Gasteiger partial charge in [0.25, 0.3) is 5.91 Å². The number of imidazole rings is 1. The summed E-state index contributed by atoms with van der Waals surface area (Å²) in [6.07, 6.45) is 1.53. The first-order valence-corrected chi connectivity index (χ1v) is 8.47. The Labute approximate surface area is 157 Å². The van der Waals surface area contributed by atoms with E-state index >= 15 is 0 Å². The van der Waals surface area contributed by atoms with E-state index in [0.717, 1.165) is 22.2 Å². The standard InChI is InChI=1S/C21H20N4O2/c1-13-5-6-14(2)17(9-13)23-20(26)16(12-22)10-15-7-8-18-19(11-15)25(4)21(27)24(18)3/h5-11H,1-4H3,(H,23,26). The summed E-state index contributed by atoms with van der Waals surface area (Å²) in [5.74, 6) is -0.465. The molecule has 1 N–H and O–H groups in total. The molecule has 0 radical (unpaired) electrons. The zero-order chi connectivity index (χ0) is 19.7. The molecule has 0 aliphatic carbocycles. The van der Waals surface area contributed by atoms with Crippen molar-refractivity contribution in [1.82, 2.24) is 9.13 Å². The zero-order valence-corrected chi connectivity index (χ0v) is 15.7. The van der Waals surface area contributed by atoms with E-state index in [4.69, 9.17) is 0 Å². The van der Waals surface area contributed by atoms with Crippen LogP contribution in [0.3, 0.4) is 0 Å². The number of nitrogens with zero attached hydrogens (tertiary/aromatic N) is 3. The van der Waals surface area contributed by atoms with Gasteiger partial charge in [0.2, 0.25) is 0 Å². The van der Waals surface area contributed by atoms with Crippen molar-refractivity contribution in [1.29, 1.82) is 5.26 Å². The summed E-state index contributed by atoms with van der Waals surface area (Å²) in [7, 11) is 3.40. The fourth-order valence-corrected chi connectivity index (χ4v) is 2.99. The van der Waals surface area contributed by atoms with Gasteiger partial charge in [0.1, 0.15) is 11.6 Å². The number of carbonyl (C=O) groups is 1. The van der Waals surface area contributed by atoms with Crippen LogP contribution in [-0.4, -0.2) is 15.0 Å². The Morgan fingerprint density at radius 3 is 2.48 bits per heavy atom. The molecular formula is C21H20N4O2. The number of nitrogens with one attached hydrogen (secondary N) is 1. The topological polar surface area (TPSA) is 79.8 Å². The summed E-state index contributed by atoms with van der Waals surface area (Å²) in [6, 6.07) is 13.1. The Kier molecular flexibility index (Phi) is 4.70. The highest BCUT2D eigenvalue weighted by molar-refractivity contribution is 6.10. The van der Waals surface area contributed by atoms with Crippen molar-refractivity contribution in [3.63, 3.8) is 0 Å². The number of aryl methyl sites for hydroxylation is 4. The lowest BCUT2D eigenvalue weighted by Crippen LogP contribution is -2.19. The van der Waals surface area contributed by atoms with E-state index in [9.17, 15) is 14.9 Å². The molecule has 136 valence electrons. The second kappa shape index (κ2) is 6.96. The summed E-state index contributed by atoms with van der Waals surface area (Å²) in [6.45, 7) is 3.84. The van der Waals surface area contributed by atoms with Gasteiger partial charge in [0, 0.05) is 19.8 Å². The van der Waals surface area contributed by atoms with Crippen LogP contribution in [-0.2, 0) is 18.9 Å². The van der Waals surface area contributed by atoms with Crippen molar-refractivity contribution in [2.75, 3.05) is 5.32 Å². The van der Waals surface area contributed by atoms with Gasteiger partial charge in [-0.05, 0) is 54.8 Å². The molecule has 0 saturated carbocycles. The van der Waals surface area contributed by atoms with Crippen LogP contribution < -0.4 is 11.0 Å². The molecule has 3 aromatic rings. The van der Waals surface area contributed by atoms with Crippen molar-refractivity contribution < 1.29 is 4.79 Å². The minimum Gasteiger partial charge on any atom is -0.321 e. The molecule has 0 fully saturated rings. The number of hydrogen-bond acceptors (Lipinski definition) is 3. The van der Waals surface area contributed by atoms with Crippen LogP contribution in [0.5, 0.6) is 0 Å². The molecule has 0 saturated heterocycles. The van der Waals surface area contributed by atoms with Gasteiger partial charge in [-0.25, -0.2) is 4.79 Å². The predicted octanol–water partition coefficient (Wildman–Crippen LogP) is 3.04. The van der Waals surface area contributed by atoms with Crippen LogP contribution in [0.2, 0.25) is 0 Å². The monoisotopic (exact) mass is 360 g/mol. The fourth-order valence-electron chi connectivity index (χ4n) is 2.99. The van der Waals surface area contributed by atoms with Gasteiger partial charge in [-0.2, -0.15) is 5.26 Å². The fraction of sp³-hybridized carbons (Fsp3) is 0.190. The average Bonchev–Trinajstić information content (AvgIpc) is 2.86. The van der Waals surface area contributed by atoms with Crippen molar-refractivity contribution >= 4 is 28.7 Å². The first-order valence-electron chi connectivity index (χ1n) is 8.47. The minimum absolute atomic E-state index is 0.00353. The van der Waals surface area contributed by atoms with E-state index in [1.807, 2.05) is 38.1 Å². The largest absolute Gasteiger partial charge is 0.328 e. The summed E-state index contributed by atoms with van der Waals surface area (Å²) in [5.41, 5.74) is 4.70. The molecule has 0 bridgehead atoms. The molecule has 1 heterocycles. The number of aromatic nitrogens is 2. The SMILES string of the molecule is Cc1ccc(C)c(NC(=O)C(C#N)=Cc2ccc3c(c2)n(C)c(=O)n3C)c1. The third-order valence-electron chi connectivity index (χ3n) is 4.61. The van der Waals surface area contributed by atoms with E-state index in [-0.39, 0.29) is 11.3 Å². The lowest BCUT2D eigenvalue weighted by atomic mass is 10.1. The summed E-state index contributed by atoms with van der Waals surface area (Å²) in [4.78, 5) is 24.6. The van der Waals surface area contributed by atoms with Crippen LogP contribution in [0.25, 0.3) is 17.1 Å². The molecule has 27 heavy (non-hydrogen) atoms. The highest BCUT2D eigenvalue weighted by Gasteiger charge is 2.12. The Morgan fingerprint density at radius 1 is 1.07 bits per heavy atom. The third-order valence-corrected chi connectivity index (χ3v) is 4.61. The van der Waals surface area contributed by atoms with Gasteiger partial charge in [-0.1, -0.05) is 18.2 Å². The molecule has 0 spiro atoms. The van der Waals surface area contributed by atoms with E-state index in [2.05, 4.69) is 5.32 Å². The minimum atomic E-state index is -0.465. The van der Waals surface area contributed by atoms with Gasteiger partial charge in [0.05, 0.1) is 11.0 Å². The number of benzene rings is 2. The van der Waals surface area contributed by atoms with E-state index < -0.39 is 5.91 Å². The number of nitriles is 1. The van der Waals surface area contributed by atoms with Crippen molar-refractivity contribution in [3.05, 3.63) is 69.1 Å². The molecule has 1 amide bonds. The Morgan fingerprint density at radius 2 is 1.78 bits per heavy atom. The van der Waals surface area contributed by atoms with Gasteiger partial charge < -0.3 is 5.32 Å². The molecule has 1 aromatic heterocycles. The van der Waals surface area contributed by atoms with Crippen LogP contribution in [0, 0.1) is 25.2 Å². The molecule has 0 aliphatic rings. The number of amides is 1. The van der Waals surface area contributed by atoms with Crippen LogP contribution >= 0.6 is 0 Å². The predicted molar refractivity (Wildman–Crippen MR) is 106 cm³/mol. The summed E-state index contributed by atoms with van der Waals surface area (Å²) in [5, 5.41) is 12.2. The second-order valence-electron chi connectivity index (χ2n) is 6.59. The molecule has 6 nitrogen and oxygen atoms in total. The first kappa shape index (κ1) is 18.2. The molecule has 0 aliphatic heterocycles. The van der Waals surface area contributed by atoms with Gasteiger partial charge in [-0.15, -0.1) is 0 Å². The van der Waals surface area contributed by atoms with Crippen LogP contribution in [0.1, 0.15) is 16.7 Å². The lowest BCUT2D eigenvalue weighted by molar-refractivity contribution is -0.112. The third kappa shape index (κ3) is 3.40. The molecule has 0 unspecified atom stereocenters. The normalized spacial score (nSPS) is 11.4. The maximum atomic E-state index is 12.5. The molecular weight excluding hydrogens is 340 g/mol. The Hall–Kier alpha value is -3.59. The molecule has 3 rings (SSSR count). The Balaban J connectivity index is 1.96. The number of rotatable bonds is 3.